The van der Waals surface area contributed by atoms with Gasteiger partial charge in [0.1, 0.15) is 19.3 Å². The van der Waals surface area contributed by atoms with E-state index in [0.29, 0.717) is 17.4 Å². The van der Waals surface area contributed by atoms with Crippen molar-refractivity contribution in [2.45, 2.75) is 341 Å². The summed E-state index contributed by atoms with van der Waals surface area (Å²) < 4.78 is 30.7. The largest absolute Gasteiger partial charge is 0.472 e. The third-order valence-electron chi connectivity index (χ3n) is 15.1. The number of unbranched alkanes of at least 4 members (excludes halogenated alkanes) is 41. The second-order valence-electron chi connectivity index (χ2n) is 24.0. The first-order chi connectivity index (χ1) is 37.4. The lowest BCUT2D eigenvalue weighted by Crippen LogP contribution is -2.47. The Morgan fingerprint density at radius 2 is 0.753 bits per heavy atom. The van der Waals surface area contributed by atoms with Crippen LogP contribution in [0.2, 0.25) is 0 Å². The highest BCUT2D eigenvalue weighted by Gasteiger charge is 2.30. The second kappa shape index (κ2) is 57.5. The fourth-order valence-electron chi connectivity index (χ4n) is 9.87. The highest BCUT2D eigenvalue weighted by Crippen LogP contribution is 2.43. The summed E-state index contributed by atoms with van der Waals surface area (Å²) in [5.74, 6) is -0.509. The monoisotopic (exact) mass is 1110 g/mol. The normalized spacial score (nSPS) is 13.8. The lowest BCUT2D eigenvalue weighted by molar-refractivity contribution is -0.870. The van der Waals surface area contributed by atoms with Crippen molar-refractivity contribution in [3.63, 3.8) is 0 Å². The Labute approximate surface area is 478 Å². The van der Waals surface area contributed by atoms with Crippen LogP contribution < -0.4 is 5.32 Å². The summed E-state index contributed by atoms with van der Waals surface area (Å²) in [6.07, 6.45) is 70.1. The maximum atomic E-state index is 13.6. The molecule has 0 saturated heterocycles. The van der Waals surface area contributed by atoms with Gasteiger partial charge in [-0.25, -0.2) is 4.57 Å². The molecule has 2 N–H and O–H groups in total. The number of nitrogens with zero attached hydrogens (tertiary/aromatic N) is 1. The van der Waals surface area contributed by atoms with E-state index in [1.54, 1.807) is 0 Å². The molecule has 77 heavy (non-hydrogen) atoms. The average molecular weight is 1110 g/mol. The molecule has 10 heteroatoms. The third kappa shape index (κ3) is 58.7. The van der Waals surface area contributed by atoms with Crippen molar-refractivity contribution < 1.29 is 37.3 Å². The summed E-state index contributed by atoms with van der Waals surface area (Å²) in [6.45, 7) is 7.03. The summed E-state index contributed by atoms with van der Waals surface area (Å²) >= 11 is 0. The molecule has 0 aromatic rings. The van der Waals surface area contributed by atoms with E-state index >= 15 is 0 Å². The van der Waals surface area contributed by atoms with Crippen LogP contribution in [0, 0.1) is 0 Å². The van der Waals surface area contributed by atoms with E-state index in [0.717, 1.165) is 70.6 Å². The molecule has 0 aliphatic heterocycles. The zero-order valence-corrected chi connectivity index (χ0v) is 52.9. The first-order valence-corrected chi connectivity index (χ1v) is 34.8. The van der Waals surface area contributed by atoms with Crippen molar-refractivity contribution in [3.05, 3.63) is 36.5 Å². The number of phosphoric ester groups is 1. The van der Waals surface area contributed by atoms with Crippen LogP contribution in [0.1, 0.15) is 329 Å². The molecule has 0 rings (SSSR count). The molecule has 3 atom stereocenters. The summed E-state index contributed by atoms with van der Waals surface area (Å²) in [6, 6.07) is -0.851. The predicted octanol–water partition coefficient (Wildman–Crippen LogP) is 20.7. The minimum atomic E-state index is -4.45. The minimum Gasteiger partial charge on any atom is -0.456 e. The Morgan fingerprint density at radius 3 is 1.12 bits per heavy atom. The molecule has 0 aromatic heterocycles. The van der Waals surface area contributed by atoms with Crippen LogP contribution in [0.5, 0.6) is 0 Å². The molecule has 0 aromatic carbocycles. The van der Waals surface area contributed by atoms with Crippen molar-refractivity contribution in [1.82, 2.24) is 5.32 Å². The third-order valence-corrected chi connectivity index (χ3v) is 16.0. The van der Waals surface area contributed by atoms with E-state index in [2.05, 4.69) is 50.4 Å². The lowest BCUT2D eigenvalue weighted by Gasteiger charge is -2.27. The Kier molecular flexibility index (Phi) is 56.1. The SMILES string of the molecule is CCCCCCCC/C=C\CCCCCC(=O)OC(/C=C\CCCCCCCCCCCCC)C(COP(=O)(O)OCC[N+](C)(C)C)NC(=O)CCCCCCCCCCCCCCCCC/C=C/CCCCCCCC. The van der Waals surface area contributed by atoms with Crippen molar-refractivity contribution in [1.29, 1.82) is 0 Å². The van der Waals surface area contributed by atoms with E-state index in [1.165, 1.54) is 225 Å². The van der Waals surface area contributed by atoms with E-state index < -0.39 is 20.0 Å². The predicted molar refractivity (Wildman–Crippen MR) is 332 cm³/mol. The maximum Gasteiger partial charge on any atom is 0.472 e. The minimum absolute atomic E-state index is 0.0403. The molecule has 0 fully saturated rings. The fourth-order valence-corrected chi connectivity index (χ4v) is 10.6. The standard InChI is InChI=1S/C67H129N2O7P/c1-7-10-13-16-19-22-25-28-29-30-31-32-33-34-35-36-37-38-39-42-44-47-50-53-56-59-66(70)68-64(63-75-77(72,73)74-62-61-69(4,5)6)65(58-55-52-49-46-43-40-26-23-20-17-14-11-8-2)76-67(71)60-57-54-51-48-45-41-27-24-21-18-15-12-9-3/h28-29,41,45,55,58,64-65H,7-27,30-40,42-44,46-54,56-57,59-63H2,1-6H3,(H-,68,70,72,73)/p+1/b29-28+,45-41-,58-55-. The lowest BCUT2D eigenvalue weighted by atomic mass is 10.0. The number of carbonyl (C=O) groups is 2. The molecule has 0 radical (unpaired) electrons. The van der Waals surface area contributed by atoms with Gasteiger partial charge in [-0.05, 0) is 83.1 Å². The van der Waals surface area contributed by atoms with E-state index in [-0.39, 0.29) is 31.5 Å². The number of carbonyl (C=O) groups excluding carboxylic acids is 2. The van der Waals surface area contributed by atoms with Gasteiger partial charge < -0.3 is 19.4 Å². The Bertz CT molecular complexity index is 1410. The van der Waals surface area contributed by atoms with Crippen LogP contribution >= 0.6 is 7.82 Å². The number of nitrogens with one attached hydrogen (secondary N) is 1. The average Bonchev–Trinajstić information content (AvgIpc) is 3.39. The van der Waals surface area contributed by atoms with Gasteiger partial charge in [0.15, 0.2) is 0 Å². The van der Waals surface area contributed by atoms with Crippen LogP contribution in [0.25, 0.3) is 0 Å². The summed E-state index contributed by atoms with van der Waals surface area (Å²) in [7, 11) is 1.50. The molecular weight excluding hydrogens is 976 g/mol. The van der Waals surface area contributed by atoms with Crippen molar-refractivity contribution in [3.8, 4) is 0 Å². The summed E-state index contributed by atoms with van der Waals surface area (Å²) in [5.41, 5.74) is 0. The van der Waals surface area contributed by atoms with E-state index in [4.69, 9.17) is 13.8 Å². The molecule has 0 heterocycles. The van der Waals surface area contributed by atoms with Crippen LogP contribution in [-0.2, 0) is 27.9 Å². The number of rotatable bonds is 61. The number of hydrogen-bond acceptors (Lipinski definition) is 6. The number of ether oxygens (including phenoxy) is 1. The van der Waals surface area contributed by atoms with Crippen molar-refractivity contribution in [2.75, 3.05) is 40.9 Å². The molecule has 0 bridgehead atoms. The Balaban J connectivity index is 5.07. The van der Waals surface area contributed by atoms with Crippen LogP contribution in [0.4, 0.5) is 0 Å². The molecule has 9 nitrogen and oxygen atoms in total. The van der Waals surface area contributed by atoms with Gasteiger partial charge >= 0.3 is 13.8 Å². The highest BCUT2D eigenvalue weighted by atomic mass is 31.2. The Hall–Kier alpha value is -1.77. The van der Waals surface area contributed by atoms with E-state index in [1.807, 2.05) is 33.3 Å². The number of esters is 1. The molecule has 0 aliphatic carbocycles. The van der Waals surface area contributed by atoms with Crippen molar-refractivity contribution in [2.24, 2.45) is 0 Å². The zero-order chi connectivity index (χ0) is 56.4. The molecule has 0 saturated carbocycles. The first-order valence-electron chi connectivity index (χ1n) is 33.3. The first kappa shape index (κ1) is 75.2. The van der Waals surface area contributed by atoms with Gasteiger partial charge in [-0.1, -0.05) is 269 Å². The van der Waals surface area contributed by atoms with Gasteiger partial charge in [0.25, 0.3) is 0 Å². The van der Waals surface area contributed by atoms with Gasteiger partial charge in [0.05, 0.1) is 33.8 Å². The van der Waals surface area contributed by atoms with Crippen LogP contribution in [0.15, 0.2) is 36.5 Å². The van der Waals surface area contributed by atoms with Gasteiger partial charge in [0.2, 0.25) is 5.91 Å². The van der Waals surface area contributed by atoms with Crippen LogP contribution in [-0.4, -0.2) is 74.3 Å². The number of amides is 1. The van der Waals surface area contributed by atoms with Gasteiger partial charge in [-0.15, -0.1) is 0 Å². The molecule has 454 valence electrons. The zero-order valence-electron chi connectivity index (χ0n) is 52.0. The number of likely N-dealkylation sites (N-methyl/N-ethyl adjacent to an activating group) is 1. The topological polar surface area (TPSA) is 111 Å². The van der Waals surface area contributed by atoms with Crippen LogP contribution in [0.3, 0.4) is 0 Å². The number of quaternary nitrogens is 1. The molecule has 0 spiro atoms. The van der Waals surface area contributed by atoms with Gasteiger partial charge in [-0.2, -0.15) is 0 Å². The van der Waals surface area contributed by atoms with Gasteiger partial charge in [-0.3, -0.25) is 18.6 Å². The summed E-state index contributed by atoms with van der Waals surface area (Å²) in [5, 5.41) is 3.06. The second-order valence-corrected chi connectivity index (χ2v) is 25.4. The molecule has 0 aliphatic rings. The number of phosphoric acid groups is 1. The molecule has 3 unspecified atom stereocenters. The summed E-state index contributed by atoms with van der Waals surface area (Å²) in [4.78, 5) is 37.7. The fraction of sp³-hybridized carbons (Fsp3) is 0.881. The maximum absolute atomic E-state index is 13.6. The smallest absolute Gasteiger partial charge is 0.456 e. The number of hydrogen-bond donors (Lipinski definition) is 2. The van der Waals surface area contributed by atoms with Gasteiger partial charge in [0, 0.05) is 12.8 Å². The molecule has 1 amide bonds. The molecular formula is C67H130N2O7P+. The Morgan fingerprint density at radius 1 is 0.442 bits per heavy atom. The number of allylic oxidation sites excluding steroid dienone is 5. The quantitative estimate of drug-likeness (QED) is 0.0205. The van der Waals surface area contributed by atoms with E-state index in [9.17, 15) is 19.0 Å². The van der Waals surface area contributed by atoms with Crippen molar-refractivity contribution >= 4 is 19.7 Å². The highest BCUT2D eigenvalue weighted by molar-refractivity contribution is 7.47.